The zero-order valence-corrected chi connectivity index (χ0v) is 17.7. The SMILES string of the molecule is COc1ccc(C2=NN(c3nc(-c4cccc(O)c4)cs3)[C@](O)(C(F)(F)F)C2)c(OC)c1. The van der Waals surface area contributed by atoms with Crippen molar-refractivity contribution in [2.75, 3.05) is 19.2 Å². The molecule has 32 heavy (non-hydrogen) atoms. The summed E-state index contributed by atoms with van der Waals surface area (Å²) in [6, 6.07) is 10.8. The topological polar surface area (TPSA) is 87.4 Å². The van der Waals surface area contributed by atoms with Gasteiger partial charge >= 0.3 is 6.18 Å². The molecular formula is C21H18F3N3O4S. The van der Waals surface area contributed by atoms with E-state index in [4.69, 9.17) is 9.47 Å². The maximum atomic E-state index is 14.0. The van der Waals surface area contributed by atoms with Crippen LogP contribution in [0.2, 0.25) is 0 Å². The Morgan fingerprint density at radius 3 is 2.56 bits per heavy atom. The number of hydrazone groups is 1. The summed E-state index contributed by atoms with van der Waals surface area (Å²) in [4.78, 5) is 4.23. The van der Waals surface area contributed by atoms with Crippen LogP contribution in [0.3, 0.4) is 0 Å². The van der Waals surface area contributed by atoms with Crippen LogP contribution in [0, 0.1) is 0 Å². The predicted molar refractivity (Wildman–Crippen MR) is 113 cm³/mol. The molecule has 1 aliphatic rings. The first-order chi connectivity index (χ1) is 15.2. The third-order valence-electron chi connectivity index (χ3n) is 4.97. The van der Waals surface area contributed by atoms with Crippen molar-refractivity contribution < 1.29 is 32.9 Å². The van der Waals surface area contributed by atoms with Crippen molar-refractivity contribution in [1.29, 1.82) is 0 Å². The second-order valence-electron chi connectivity index (χ2n) is 6.98. The number of nitrogens with zero attached hydrogens (tertiary/aromatic N) is 3. The first kappa shape index (κ1) is 21.9. The number of aromatic hydroxyl groups is 1. The molecule has 0 fully saturated rings. The Morgan fingerprint density at radius 1 is 1.12 bits per heavy atom. The molecule has 7 nitrogen and oxygen atoms in total. The predicted octanol–water partition coefficient (Wildman–Crippen LogP) is 4.40. The summed E-state index contributed by atoms with van der Waals surface area (Å²) in [5, 5.41) is 26.3. The number of thiazole rings is 1. The van der Waals surface area contributed by atoms with Crippen molar-refractivity contribution >= 4 is 22.2 Å². The summed E-state index contributed by atoms with van der Waals surface area (Å²) >= 11 is 0.894. The van der Waals surface area contributed by atoms with Gasteiger partial charge in [0.25, 0.3) is 5.72 Å². The quantitative estimate of drug-likeness (QED) is 0.581. The van der Waals surface area contributed by atoms with Crippen LogP contribution < -0.4 is 14.5 Å². The number of alkyl halides is 3. The summed E-state index contributed by atoms with van der Waals surface area (Å²) in [6.07, 6.45) is -5.84. The summed E-state index contributed by atoms with van der Waals surface area (Å²) in [5.74, 6) is 0.716. The van der Waals surface area contributed by atoms with Gasteiger partial charge in [-0.1, -0.05) is 12.1 Å². The monoisotopic (exact) mass is 465 g/mol. The molecule has 0 aliphatic carbocycles. The Hall–Kier alpha value is -3.31. The number of aliphatic hydroxyl groups is 1. The molecular weight excluding hydrogens is 447 g/mol. The second-order valence-corrected chi connectivity index (χ2v) is 7.82. The van der Waals surface area contributed by atoms with Gasteiger partial charge in [-0.25, -0.2) is 4.98 Å². The number of anilines is 1. The first-order valence-corrected chi connectivity index (χ1v) is 10.2. The normalized spacial score (nSPS) is 18.6. The lowest BCUT2D eigenvalue weighted by atomic mass is 10.00. The average Bonchev–Trinajstić information content (AvgIpc) is 3.38. The number of ether oxygens (including phenoxy) is 2. The molecule has 0 saturated carbocycles. The number of benzene rings is 2. The molecule has 4 rings (SSSR count). The van der Waals surface area contributed by atoms with E-state index in [1.54, 1.807) is 18.2 Å². The van der Waals surface area contributed by atoms with E-state index >= 15 is 0 Å². The van der Waals surface area contributed by atoms with Gasteiger partial charge < -0.3 is 19.7 Å². The molecule has 0 radical (unpaired) electrons. The number of hydrogen-bond acceptors (Lipinski definition) is 8. The van der Waals surface area contributed by atoms with Gasteiger partial charge in [0.2, 0.25) is 5.13 Å². The summed E-state index contributed by atoms with van der Waals surface area (Å²) in [5.41, 5.74) is -2.15. The van der Waals surface area contributed by atoms with E-state index in [0.717, 1.165) is 11.3 Å². The fraction of sp³-hybridized carbons (Fsp3) is 0.238. The Labute approximate surface area is 185 Å². The standard InChI is InChI=1S/C21H18F3N3O4S/c1-30-14-6-7-15(18(9-14)31-2)16-10-20(29,21(22,23)24)27(26-16)19-25-17(11-32-19)12-4-3-5-13(28)8-12/h3-9,11,28-29H,10H2,1-2H3/t20-/m1/s1. The average molecular weight is 465 g/mol. The number of rotatable bonds is 5. The Morgan fingerprint density at radius 2 is 1.91 bits per heavy atom. The summed E-state index contributed by atoms with van der Waals surface area (Å²) < 4.78 is 52.4. The minimum absolute atomic E-state index is 0.00285. The van der Waals surface area contributed by atoms with Crippen molar-refractivity contribution in [3.05, 3.63) is 53.4 Å². The van der Waals surface area contributed by atoms with E-state index in [1.807, 2.05) is 0 Å². The molecule has 2 N–H and O–H groups in total. The molecule has 1 aromatic heterocycles. The zero-order valence-electron chi connectivity index (χ0n) is 16.9. The van der Waals surface area contributed by atoms with E-state index in [-0.39, 0.29) is 22.3 Å². The molecule has 1 aliphatic heterocycles. The molecule has 2 heterocycles. The van der Waals surface area contributed by atoms with Crippen molar-refractivity contribution in [3.63, 3.8) is 0 Å². The van der Waals surface area contributed by atoms with Gasteiger partial charge in [0.05, 0.1) is 32.0 Å². The third-order valence-corrected chi connectivity index (χ3v) is 5.79. The van der Waals surface area contributed by atoms with Crippen LogP contribution in [0.4, 0.5) is 18.3 Å². The number of methoxy groups -OCH3 is 2. The van der Waals surface area contributed by atoms with Crippen LogP contribution in [-0.4, -0.2) is 47.0 Å². The van der Waals surface area contributed by atoms with Gasteiger partial charge in [-0.3, -0.25) is 0 Å². The molecule has 0 unspecified atom stereocenters. The van der Waals surface area contributed by atoms with Gasteiger partial charge in [0.1, 0.15) is 17.2 Å². The molecule has 11 heteroatoms. The van der Waals surface area contributed by atoms with Gasteiger partial charge in [0, 0.05) is 22.6 Å². The Kier molecular flexibility index (Phi) is 5.47. The van der Waals surface area contributed by atoms with Gasteiger partial charge in [0.15, 0.2) is 0 Å². The van der Waals surface area contributed by atoms with Crippen LogP contribution in [0.25, 0.3) is 11.3 Å². The summed E-state index contributed by atoms with van der Waals surface area (Å²) in [6.45, 7) is 0. The van der Waals surface area contributed by atoms with Crippen molar-refractivity contribution in [2.45, 2.75) is 18.3 Å². The van der Waals surface area contributed by atoms with Crippen molar-refractivity contribution in [1.82, 2.24) is 4.98 Å². The molecule has 168 valence electrons. The number of phenolic OH excluding ortho intramolecular Hbond substituents is 1. The minimum atomic E-state index is -5.02. The maximum absolute atomic E-state index is 14.0. The number of hydrogen-bond donors (Lipinski definition) is 2. The molecule has 3 aromatic rings. The molecule has 1 atom stereocenters. The Bertz CT molecular complexity index is 1180. The smallest absolute Gasteiger partial charge is 0.438 e. The van der Waals surface area contributed by atoms with E-state index in [0.29, 0.717) is 27.6 Å². The molecule has 0 amide bonds. The first-order valence-electron chi connectivity index (χ1n) is 9.30. The third kappa shape index (κ3) is 3.73. The lowest BCUT2D eigenvalue weighted by molar-refractivity contribution is -0.254. The van der Waals surface area contributed by atoms with Crippen LogP contribution >= 0.6 is 11.3 Å². The van der Waals surface area contributed by atoms with Crippen LogP contribution in [0.5, 0.6) is 17.2 Å². The minimum Gasteiger partial charge on any atom is -0.508 e. The highest BCUT2D eigenvalue weighted by atomic mass is 32.1. The maximum Gasteiger partial charge on any atom is 0.438 e. The molecule has 0 bridgehead atoms. The Balaban J connectivity index is 1.78. The van der Waals surface area contributed by atoms with E-state index < -0.39 is 18.3 Å². The zero-order chi connectivity index (χ0) is 23.1. The van der Waals surface area contributed by atoms with E-state index in [1.165, 1.54) is 43.9 Å². The highest BCUT2D eigenvalue weighted by Gasteiger charge is 2.62. The highest BCUT2D eigenvalue weighted by molar-refractivity contribution is 7.14. The second kappa shape index (κ2) is 7.99. The number of phenols is 1. The molecule has 0 spiro atoms. The summed E-state index contributed by atoms with van der Waals surface area (Å²) in [7, 11) is 2.84. The van der Waals surface area contributed by atoms with Gasteiger partial charge in [-0.2, -0.15) is 23.3 Å². The highest BCUT2D eigenvalue weighted by Crippen LogP contribution is 2.46. The molecule has 2 aromatic carbocycles. The van der Waals surface area contributed by atoms with Crippen molar-refractivity contribution in [3.8, 4) is 28.5 Å². The van der Waals surface area contributed by atoms with Crippen LogP contribution in [0.15, 0.2) is 52.9 Å². The number of aromatic nitrogens is 1. The van der Waals surface area contributed by atoms with Crippen LogP contribution in [0.1, 0.15) is 12.0 Å². The van der Waals surface area contributed by atoms with Gasteiger partial charge in [-0.05, 0) is 24.3 Å². The van der Waals surface area contributed by atoms with Gasteiger partial charge in [-0.15, -0.1) is 11.3 Å². The largest absolute Gasteiger partial charge is 0.508 e. The lowest BCUT2D eigenvalue weighted by Crippen LogP contribution is -2.55. The fourth-order valence-corrected chi connectivity index (χ4v) is 4.16. The molecule has 0 saturated heterocycles. The number of halogens is 3. The van der Waals surface area contributed by atoms with Crippen LogP contribution in [-0.2, 0) is 0 Å². The van der Waals surface area contributed by atoms with E-state index in [9.17, 15) is 23.4 Å². The fourth-order valence-electron chi connectivity index (χ4n) is 3.31. The van der Waals surface area contributed by atoms with Crippen molar-refractivity contribution in [2.24, 2.45) is 5.10 Å². The van der Waals surface area contributed by atoms with E-state index in [2.05, 4.69) is 10.1 Å². The lowest BCUT2D eigenvalue weighted by Gasteiger charge is -2.32.